The van der Waals surface area contributed by atoms with Crippen LogP contribution in [0, 0.1) is 0 Å². The molecule has 1 aromatic heterocycles. The SMILES string of the molecule is O=C1NC2(CCCN(C(=O)CCn3cncn3)C2)Nc2ccccc21. The molecule has 0 bridgehead atoms. The summed E-state index contributed by atoms with van der Waals surface area (Å²) in [6.45, 7) is 1.67. The van der Waals surface area contributed by atoms with Crippen molar-refractivity contribution in [2.75, 3.05) is 18.4 Å². The zero-order valence-corrected chi connectivity index (χ0v) is 13.8. The molecule has 2 aromatic rings. The minimum atomic E-state index is -0.591. The number of carbonyl (C=O) groups excluding carboxylic acids is 2. The Morgan fingerprint density at radius 3 is 3.00 bits per heavy atom. The van der Waals surface area contributed by atoms with Gasteiger partial charge in [0.05, 0.1) is 18.7 Å². The van der Waals surface area contributed by atoms with Gasteiger partial charge >= 0.3 is 0 Å². The van der Waals surface area contributed by atoms with Crippen molar-refractivity contribution < 1.29 is 9.59 Å². The maximum absolute atomic E-state index is 12.6. The highest BCUT2D eigenvalue weighted by Crippen LogP contribution is 2.30. The van der Waals surface area contributed by atoms with Crippen LogP contribution >= 0.6 is 0 Å². The molecule has 130 valence electrons. The fraction of sp³-hybridized carbons (Fsp3) is 0.412. The molecule has 2 aliphatic rings. The lowest BCUT2D eigenvalue weighted by Gasteiger charge is -2.46. The Bertz CT molecular complexity index is 790. The average Bonchev–Trinajstić information content (AvgIpc) is 3.13. The number of benzene rings is 1. The molecule has 1 aromatic carbocycles. The van der Waals surface area contributed by atoms with Crippen molar-refractivity contribution in [1.82, 2.24) is 25.0 Å². The summed E-state index contributed by atoms with van der Waals surface area (Å²) in [7, 11) is 0. The molecule has 1 saturated heterocycles. The Balaban J connectivity index is 1.46. The standard InChI is InChI=1S/C17H20N6O2/c24-15(6-9-23-12-18-11-19-23)22-8-3-7-17(10-22)20-14-5-2-1-4-13(14)16(25)21-17/h1-2,4-5,11-12,20H,3,6-10H2,(H,21,25). The minimum absolute atomic E-state index is 0.0597. The first kappa shape index (κ1) is 15.6. The van der Waals surface area contributed by atoms with Crippen molar-refractivity contribution >= 4 is 17.5 Å². The number of para-hydroxylation sites is 1. The van der Waals surface area contributed by atoms with E-state index >= 15 is 0 Å². The van der Waals surface area contributed by atoms with E-state index in [9.17, 15) is 9.59 Å². The van der Waals surface area contributed by atoms with Gasteiger partial charge in [-0.1, -0.05) is 12.1 Å². The first-order valence-corrected chi connectivity index (χ1v) is 8.45. The molecule has 4 rings (SSSR count). The summed E-state index contributed by atoms with van der Waals surface area (Å²) in [6, 6.07) is 7.45. The van der Waals surface area contributed by atoms with Crippen LogP contribution in [0.4, 0.5) is 5.69 Å². The molecule has 0 aliphatic carbocycles. The van der Waals surface area contributed by atoms with Crippen LogP contribution in [0.25, 0.3) is 0 Å². The number of amides is 2. The van der Waals surface area contributed by atoms with Crippen LogP contribution in [0.15, 0.2) is 36.9 Å². The summed E-state index contributed by atoms with van der Waals surface area (Å²) >= 11 is 0. The second kappa shape index (κ2) is 6.19. The lowest BCUT2D eigenvalue weighted by Crippen LogP contribution is -2.66. The van der Waals surface area contributed by atoms with Crippen LogP contribution in [-0.2, 0) is 11.3 Å². The number of hydrogen-bond donors (Lipinski definition) is 2. The number of anilines is 1. The molecule has 0 saturated carbocycles. The predicted molar refractivity (Wildman–Crippen MR) is 90.7 cm³/mol. The number of fused-ring (bicyclic) bond motifs is 1. The first-order chi connectivity index (χ1) is 12.2. The zero-order valence-electron chi connectivity index (χ0n) is 13.8. The van der Waals surface area contributed by atoms with Crippen LogP contribution in [0.5, 0.6) is 0 Å². The van der Waals surface area contributed by atoms with Gasteiger partial charge in [0.25, 0.3) is 5.91 Å². The number of piperidine rings is 1. The summed E-state index contributed by atoms with van der Waals surface area (Å²) in [5.41, 5.74) is 0.873. The van der Waals surface area contributed by atoms with Gasteiger partial charge in [-0.2, -0.15) is 5.10 Å². The summed E-state index contributed by atoms with van der Waals surface area (Å²) in [5.74, 6) is -0.0317. The molecule has 1 atom stereocenters. The van der Waals surface area contributed by atoms with E-state index in [2.05, 4.69) is 20.7 Å². The van der Waals surface area contributed by atoms with Crippen LogP contribution in [0.3, 0.4) is 0 Å². The minimum Gasteiger partial charge on any atom is -0.361 e. The van der Waals surface area contributed by atoms with Crippen molar-refractivity contribution in [3.05, 3.63) is 42.5 Å². The lowest BCUT2D eigenvalue weighted by atomic mass is 9.93. The number of carbonyl (C=O) groups is 2. The van der Waals surface area contributed by atoms with E-state index in [4.69, 9.17) is 0 Å². The topological polar surface area (TPSA) is 92.2 Å². The van der Waals surface area contributed by atoms with Gasteiger partial charge in [0.15, 0.2) is 0 Å². The maximum atomic E-state index is 12.6. The monoisotopic (exact) mass is 340 g/mol. The Morgan fingerprint density at radius 2 is 2.16 bits per heavy atom. The van der Waals surface area contributed by atoms with E-state index in [0.29, 0.717) is 31.6 Å². The van der Waals surface area contributed by atoms with Crippen molar-refractivity contribution in [1.29, 1.82) is 0 Å². The van der Waals surface area contributed by atoms with Crippen molar-refractivity contribution in [2.24, 2.45) is 0 Å². The van der Waals surface area contributed by atoms with E-state index < -0.39 is 5.66 Å². The number of nitrogens with one attached hydrogen (secondary N) is 2. The molecule has 8 nitrogen and oxygen atoms in total. The van der Waals surface area contributed by atoms with E-state index in [1.54, 1.807) is 17.1 Å². The van der Waals surface area contributed by atoms with Gasteiger partial charge in [-0.05, 0) is 25.0 Å². The van der Waals surface area contributed by atoms with Crippen molar-refractivity contribution in [3.63, 3.8) is 0 Å². The van der Waals surface area contributed by atoms with Gasteiger partial charge in [0, 0.05) is 18.7 Å². The van der Waals surface area contributed by atoms with Gasteiger partial charge in [-0.15, -0.1) is 0 Å². The maximum Gasteiger partial charge on any atom is 0.255 e. The second-order valence-corrected chi connectivity index (χ2v) is 6.53. The van der Waals surface area contributed by atoms with Crippen molar-refractivity contribution in [2.45, 2.75) is 31.5 Å². The summed E-state index contributed by atoms with van der Waals surface area (Å²) in [5, 5.41) is 10.5. The normalized spacial score (nSPS) is 22.2. The summed E-state index contributed by atoms with van der Waals surface area (Å²) in [6.07, 6.45) is 5.05. The van der Waals surface area contributed by atoms with Crippen LogP contribution in [-0.4, -0.2) is 50.2 Å². The molecule has 1 fully saturated rings. The Hall–Kier alpha value is -2.90. The fourth-order valence-corrected chi connectivity index (χ4v) is 3.55. The number of aromatic nitrogens is 3. The number of rotatable bonds is 3. The fourth-order valence-electron chi connectivity index (χ4n) is 3.55. The van der Waals surface area contributed by atoms with Crippen LogP contribution in [0.2, 0.25) is 0 Å². The number of likely N-dealkylation sites (tertiary alicyclic amines) is 1. The Kier molecular flexibility index (Phi) is 3.87. The van der Waals surface area contributed by atoms with E-state index in [0.717, 1.165) is 18.5 Å². The molecule has 3 heterocycles. The third-order valence-electron chi connectivity index (χ3n) is 4.76. The highest BCUT2D eigenvalue weighted by molar-refractivity contribution is 6.02. The largest absolute Gasteiger partial charge is 0.361 e. The molecule has 0 radical (unpaired) electrons. The van der Waals surface area contributed by atoms with E-state index in [1.807, 2.05) is 23.1 Å². The van der Waals surface area contributed by atoms with Gasteiger partial charge in [0.2, 0.25) is 5.91 Å². The van der Waals surface area contributed by atoms with Gasteiger partial charge in [0.1, 0.15) is 18.3 Å². The lowest BCUT2D eigenvalue weighted by molar-refractivity contribution is -0.133. The predicted octanol–water partition coefficient (Wildman–Crippen LogP) is 0.842. The number of aryl methyl sites for hydroxylation is 1. The molecular weight excluding hydrogens is 320 g/mol. The molecule has 1 unspecified atom stereocenters. The first-order valence-electron chi connectivity index (χ1n) is 8.45. The zero-order chi connectivity index (χ0) is 17.3. The number of nitrogens with zero attached hydrogens (tertiary/aromatic N) is 4. The number of hydrogen-bond acceptors (Lipinski definition) is 5. The molecule has 8 heteroatoms. The Labute approximate surface area is 145 Å². The van der Waals surface area contributed by atoms with E-state index in [-0.39, 0.29) is 11.8 Å². The van der Waals surface area contributed by atoms with Crippen LogP contribution < -0.4 is 10.6 Å². The van der Waals surface area contributed by atoms with Gasteiger partial charge < -0.3 is 15.5 Å². The molecule has 2 amide bonds. The van der Waals surface area contributed by atoms with Gasteiger partial charge in [-0.3, -0.25) is 14.3 Å². The molecule has 1 spiro atoms. The van der Waals surface area contributed by atoms with Gasteiger partial charge in [-0.25, -0.2) is 4.98 Å². The summed E-state index contributed by atoms with van der Waals surface area (Å²) in [4.78, 5) is 30.7. The quantitative estimate of drug-likeness (QED) is 0.864. The smallest absolute Gasteiger partial charge is 0.255 e. The highest BCUT2D eigenvalue weighted by atomic mass is 16.2. The average molecular weight is 340 g/mol. The third kappa shape index (κ3) is 3.07. The molecule has 25 heavy (non-hydrogen) atoms. The van der Waals surface area contributed by atoms with E-state index in [1.165, 1.54) is 6.33 Å². The molecule has 2 N–H and O–H groups in total. The Morgan fingerprint density at radius 1 is 1.28 bits per heavy atom. The third-order valence-corrected chi connectivity index (χ3v) is 4.76. The molecule has 2 aliphatic heterocycles. The molecular formula is C17H20N6O2. The second-order valence-electron chi connectivity index (χ2n) is 6.53. The summed E-state index contributed by atoms with van der Waals surface area (Å²) < 4.78 is 1.65. The van der Waals surface area contributed by atoms with Crippen LogP contribution in [0.1, 0.15) is 29.6 Å². The van der Waals surface area contributed by atoms with Crippen molar-refractivity contribution in [3.8, 4) is 0 Å². The highest BCUT2D eigenvalue weighted by Gasteiger charge is 2.41.